The summed E-state index contributed by atoms with van der Waals surface area (Å²) in [6.07, 6.45) is 0. The van der Waals surface area contributed by atoms with Crippen LogP contribution in [-0.2, 0) is 9.31 Å². The SMILES string of the molecule is CC1(C)OB(C(F)=C(C#Cc2ccccc2)c2ccccc2)OC1(C)C. The molecule has 1 fully saturated rings. The van der Waals surface area contributed by atoms with Crippen molar-refractivity contribution in [3.05, 3.63) is 77.5 Å². The molecule has 0 aromatic heterocycles. The highest BCUT2D eigenvalue weighted by Gasteiger charge is 2.53. The molecule has 1 aliphatic heterocycles. The second-order valence-electron chi connectivity index (χ2n) is 7.29. The third kappa shape index (κ3) is 3.75. The molecule has 0 N–H and O–H groups in total. The number of halogens is 1. The summed E-state index contributed by atoms with van der Waals surface area (Å²) >= 11 is 0. The zero-order valence-electron chi connectivity index (χ0n) is 15.5. The Morgan fingerprint density at radius 3 is 1.88 bits per heavy atom. The zero-order valence-corrected chi connectivity index (χ0v) is 15.5. The molecule has 0 bridgehead atoms. The van der Waals surface area contributed by atoms with Crippen molar-refractivity contribution in [2.24, 2.45) is 0 Å². The first-order chi connectivity index (χ1) is 12.3. The lowest BCUT2D eigenvalue weighted by molar-refractivity contribution is 0.00578. The second kappa shape index (κ2) is 7.11. The van der Waals surface area contributed by atoms with Gasteiger partial charge in [0, 0.05) is 5.56 Å². The fraction of sp³-hybridized carbons (Fsp3) is 0.273. The average molecular weight is 348 g/mol. The van der Waals surface area contributed by atoms with E-state index >= 15 is 4.39 Å². The molecule has 3 rings (SSSR count). The van der Waals surface area contributed by atoms with Gasteiger partial charge in [0.25, 0.3) is 0 Å². The first kappa shape index (κ1) is 18.4. The van der Waals surface area contributed by atoms with E-state index in [1.807, 2.05) is 88.4 Å². The normalized spacial score (nSPS) is 18.7. The monoisotopic (exact) mass is 348 g/mol. The topological polar surface area (TPSA) is 18.5 Å². The van der Waals surface area contributed by atoms with E-state index in [0.29, 0.717) is 5.56 Å². The Kier molecular flexibility index (Phi) is 5.04. The van der Waals surface area contributed by atoms with Gasteiger partial charge in [0.2, 0.25) is 0 Å². The van der Waals surface area contributed by atoms with Crippen molar-refractivity contribution in [2.45, 2.75) is 38.9 Å². The molecule has 0 atom stereocenters. The molecule has 1 saturated heterocycles. The Morgan fingerprint density at radius 2 is 1.35 bits per heavy atom. The number of allylic oxidation sites excluding steroid dienone is 1. The molecule has 2 aromatic rings. The molecular formula is C22H22BFO2. The first-order valence-corrected chi connectivity index (χ1v) is 8.68. The van der Waals surface area contributed by atoms with Gasteiger partial charge < -0.3 is 9.31 Å². The lowest BCUT2D eigenvalue weighted by Crippen LogP contribution is -2.41. The van der Waals surface area contributed by atoms with Crippen LogP contribution in [0.15, 0.2) is 66.4 Å². The lowest BCUT2D eigenvalue weighted by Gasteiger charge is -2.32. The van der Waals surface area contributed by atoms with E-state index in [1.165, 1.54) is 0 Å². The van der Waals surface area contributed by atoms with Crippen LogP contribution in [0.3, 0.4) is 0 Å². The molecule has 2 nitrogen and oxygen atoms in total. The number of hydrogen-bond acceptors (Lipinski definition) is 2. The van der Waals surface area contributed by atoms with Gasteiger partial charge >= 0.3 is 7.12 Å². The summed E-state index contributed by atoms with van der Waals surface area (Å²) in [4.78, 5) is 0. The van der Waals surface area contributed by atoms with Gasteiger partial charge in [0.1, 0.15) is 5.73 Å². The highest BCUT2D eigenvalue weighted by atomic mass is 19.1. The molecule has 0 aliphatic carbocycles. The van der Waals surface area contributed by atoms with Gasteiger partial charge in [-0.2, -0.15) is 0 Å². The highest BCUT2D eigenvalue weighted by Crippen LogP contribution is 2.40. The van der Waals surface area contributed by atoms with Crippen molar-refractivity contribution in [1.82, 2.24) is 0 Å². The van der Waals surface area contributed by atoms with Gasteiger partial charge in [0.15, 0.2) is 0 Å². The second-order valence-corrected chi connectivity index (χ2v) is 7.29. The molecule has 132 valence electrons. The van der Waals surface area contributed by atoms with Crippen molar-refractivity contribution < 1.29 is 13.7 Å². The van der Waals surface area contributed by atoms with Crippen molar-refractivity contribution >= 4 is 12.7 Å². The van der Waals surface area contributed by atoms with Gasteiger partial charge in [-0.3, -0.25) is 0 Å². The van der Waals surface area contributed by atoms with Crippen LogP contribution in [0.1, 0.15) is 38.8 Å². The molecular weight excluding hydrogens is 326 g/mol. The molecule has 0 saturated carbocycles. The summed E-state index contributed by atoms with van der Waals surface area (Å²) in [6, 6.07) is 18.8. The summed E-state index contributed by atoms with van der Waals surface area (Å²) in [5.74, 6) is 6.01. The van der Waals surface area contributed by atoms with Crippen LogP contribution in [0, 0.1) is 11.8 Å². The summed E-state index contributed by atoms with van der Waals surface area (Å²) in [7, 11) is -1.07. The number of hydrogen-bond donors (Lipinski definition) is 0. The van der Waals surface area contributed by atoms with E-state index in [0.717, 1.165) is 5.56 Å². The molecule has 1 heterocycles. The molecule has 0 radical (unpaired) electrons. The van der Waals surface area contributed by atoms with E-state index < -0.39 is 24.0 Å². The smallest absolute Gasteiger partial charge is 0.398 e. The van der Waals surface area contributed by atoms with E-state index in [-0.39, 0.29) is 5.57 Å². The van der Waals surface area contributed by atoms with Crippen LogP contribution in [0.4, 0.5) is 4.39 Å². The Balaban J connectivity index is 2.04. The molecule has 0 amide bonds. The van der Waals surface area contributed by atoms with Crippen molar-refractivity contribution in [1.29, 1.82) is 0 Å². The molecule has 0 unspecified atom stereocenters. The minimum Gasteiger partial charge on any atom is -0.398 e. The summed E-state index contributed by atoms with van der Waals surface area (Å²) < 4.78 is 27.1. The van der Waals surface area contributed by atoms with Crippen molar-refractivity contribution in [3.63, 3.8) is 0 Å². The van der Waals surface area contributed by atoms with Gasteiger partial charge in [-0.05, 0) is 45.4 Å². The zero-order chi connectivity index (χ0) is 18.8. The maximum absolute atomic E-state index is 15.4. The Bertz CT molecular complexity index is 845. The van der Waals surface area contributed by atoms with Crippen LogP contribution in [0.25, 0.3) is 5.57 Å². The lowest BCUT2D eigenvalue weighted by atomic mass is 9.83. The molecule has 2 aromatic carbocycles. The molecule has 26 heavy (non-hydrogen) atoms. The quantitative estimate of drug-likeness (QED) is 0.559. The van der Waals surface area contributed by atoms with Gasteiger partial charge in [-0.1, -0.05) is 60.4 Å². The molecule has 0 spiro atoms. The number of rotatable bonds is 2. The van der Waals surface area contributed by atoms with E-state index in [2.05, 4.69) is 11.8 Å². The minimum absolute atomic E-state index is 0.285. The fourth-order valence-electron chi connectivity index (χ4n) is 2.60. The van der Waals surface area contributed by atoms with Crippen LogP contribution in [0.5, 0.6) is 0 Å². The van der Waals surface area contributed by atoms with Crippen LogP contribution in [0.2, 0.25) is 0 Å². The van der Waals surface area contributed by atoms with Crippen LogP contribution >= 0.6 is 0 Å². The van der Waals surface area contributed by atoms with E-state index in [9.17, 15) is 0 Å². The Labute approximate surface area is 155 Å². The maximum atomic E-state index is 15.4. The predicted molar refractivity (Wildman–Crippen MR) is 104 cm³/mol. The largest absolute Gasteiger partial charge is 0.526 e. The van der Waals surface area contributed by atoms with Gasteiger partial charge in [-0.25, -0.2) is 4.39 Å². The third-order valence-electron chi connectivity index (χ3n) is 4.87. The van der Waals surface area contributed by atoms with E-state index in [1.54, 1.807) is 0 Å². The van der Waals surface area contributed by atoms with Crippen LogP contribution in [-0.4, -0.2) is 18.3 Å². The predicted octanol–water partition coefficient (Wildman–Crippen LogP) is 5.05. The van der Waals surface area contributed by atoms with Gasteiger partial charge in [0.05, 0.1) is 16.8 Å². The summed E-state index contributed by atoms with van der Waals surface area (Å²) in [5, 5.41) is 0. The van der Waals surface area contributed by atoms with Gasteiger partial charge in [-0.15, -0.1) is 0 Å². The third-order valence-corrected chi connectivity index (χ3v) is 4.87. The van der Waals surface area contributed by atoms with Crippen molar-refractivity contribution in [2.75, 3.05) is 0 Å². The highest BCUT2D eigenvalue weighted by molar-refractivity contribution is 6.55. The summed E-state index contributed by atoms with van der Waals surface area (Å²) in [5.41, 5.74) is 0.0878. The van der Waals surface area contributed by atoms with E-state index in [4.69, 9.17) is 9.31 Å². The first-order valence-electron chi connectivity index (χ1n) is 8.68. The molecule has 4 heteroatoms. The number of benzene rings is 2. The van der Waals surface area contributed by atoms with Crippen LogP contribution < -0.4 is 0 Å². The average Bonchev–Trinajstić information content (AvgIpc) is 2.84. The maximum Gasteiger partial charge on any atom is 0.526 e. The molecule has 1 aliphatic rings. The summed E-state index contributed by atoms with van der Waals surface area (Å²) in [6.45, 7) is 7.60. The Morgan fingerprint density at radius 1 is 0.846 bits per heavy atom. The minimum atomic E-state index is -1.07. The Hall–Kier alpha value is -2.35. The van der Waals surface area contributed by atoms with Crippen molar-refractivity contribution in [3.8, 4) is 11.8 Å². The fourth-order valence-corrected chi connectivity index (χ4v) is 2.60. The standard InChI is InChI=1S/C22H22BFO2/c1-21(2)22(3,4)26-23(25-21)20(24)19(18-13-9-6-10-14-18)16-15-17-11-7-5-8-12-17/h5-14H,1-4H3.